The Kier molecular flexibility index (Phi) is 2.27. The fourth-order valence-corrected chi connectivity index (χ4v) is 3.37. The fourth-order valence-electron chi connectivity index (χ4n) is 2.09. The van der Waals surface area contributed by atoms with Crippen molar-refractivity contribution >= 4 is 21.4 Å². The van der Waals surface area contributed by atoms with Crippen molar-refractivity contribution in [3.8, 4) is 5.75 Å². The predicted octanol–water partition coefficient (Wildman–Crippen LogP) is 4.15. The van der Waals surface area contributed by atoms with E-state index < -0.39 is 0 Å². The lowest BCUT2D eigenvalue weighted by Crippen LogP contribution is -1.87. The fraction of sp³-hybridized carbons (Fsp3) is 0.385. The molecule has 2 aromatic rings. The van der Waals surface area contributed by atoms with Gasteiger partial charge in [-0.15, -0.1) is 11.3 Å². The molecule has 2 rings (SSSR count). The molecule has 0 amide bonds. The van der Waals surface area contributed by atoms with Gasteiger partial charge in [-0.05, 0) is 56.9 Å². The smallest absolute Gasteiger partial charge is 0.122 e. The highest BCUT2D eigenvalue weighted by atomic mass is 32.1. The first-order valence-corrected chi connectivity index (χ1v) is 5.95. The van der Waals surface area contributed by atoms with Gasteiger partial charge in [-0.3, -0.25) is 0 Å². The third-order valence-corrected chi connectivity index (χ3v) is 4.70. The second-order valence-electron chi connectivity index (χ2n) is 4.21. The number of rotatable bonds is 0. The summed E-state index contributed by atoms with van der Waals surface area (Å²) in [5.41, 5.74) is 4.57. The Morgan fingerprint density at radius 1 is 0.800 bits per heavy atom. The van der Waals surface area contributed by atoms with Gasteiger partial charge in [0.1, 0.15) is 5.75 Å². The van der Waals surface area contributed by atoms with Gasteiger partial charge >= 0.3 is 0 Å². The van der Waals surface area contributed by atoms with E-state index in [1.165, 1.54) is 26.1 Å². The van der Waals surface area contributed by atoms with Gasteiger partial charge < -0.3 is 5.11 Å². The summed E-state index contributed by atoms with van der Waals surface area (Å²) in [6, 6.07) is 0. The van der Waals surface area contributed by atoms with E-state index in [4.69, 9.17) is 0 Å². The number of aromatic hydroxyl groups is 1. The molecule has 0 saturated heterocycles. The molecular weight excluding hydrogens is 204 g/mol. The van der Waals surface area contributed by atoms with Crippen molar-refractivity contribution in [2.24, 2.45) is 0 Å². The van der Waals surface area contributed by atoms with Crippen molar-refractivity contribution in [1.82, 2.24) is 0 Å². The van der Waals surface area contributed by atoms with Crippen LogP contribution < -0.4 is 0 Å². The summed E-state index contributed by atoms with van der Waals surface area (Å²) >= 11 is 1.83. The quantitative estimate of drug-likeness (QED) is 0.707. The van der Waals surface area contributed by atoms with E-state index in [1.807, 2.05) is 25.2 Å². The van der Waals surface area contributed by atoms with Gasteiger partial charge in [-0.1, -0.05) is 0 Å². The molecule has 1 aromatic heterocycles. The number of benzene rings is 1. The van der Waals surface area contributed by atoms with E-state index in [-0.39, 0.29) is 0 Å². The summed E-state index contributed by atoms with van der Waals surface area (Å²) in [5.74, 6) is 0.459. The highest BCUT2D eigenvalue weighted by molar-refractivity contribution is 7.19. The molecule has 2 heteroatoms. The number of hydrogen-bond acceptors (Lipinski definition) is 2. The molecule has 0 atom stereocenters. The maximum atomic E-state index is 10.0. The molecule has 0 aliphatic rings. The summed E-state index contributed by atoms with van der Waals surface area (Å²) in [4.78, 5) is 1.35. The Bertz CT molecular complexity index is 550. The highest BCUT2D eigenvalue weighted by Crippen LogP contribution is 2.40. The molecule has 0 aliphatic heterocycles. The van der Waals surface area contributed by atoms with Crippen LogP contribution in [0.4, 0.5) is 0 Å². The molecule has 80 valence electrons. The van der Waals surface area contributed by atoms with Crippen molar-refractivity contribution in [3.63, 3.8) is 0 Å². The molecule has 0 saturated carbocycles. The third kappa shape index (κ3) is 1.28. The third-order valence-electron chi connectivity index (χ3n) is 3.37. The number of phenolic OH excluding ortho intramolecular Hbond substituents is 1. The zero-order valence-corrected chi connectivity index (χ0v) is 10.7. The first-order valence-electron chi connectivity index (χ1n) is 5.13. The van der Waals surface area contributed by atoms with Crippen molar-refractivity contribution in [2.45, 2.75) is 34.6 Å². The molecule has 0 unspecified atom stereocenters. The van der Waals surface area contributed by atoms with E-state index in [0.717, 1.165) is 11.1 Å². The summed E-state index contributed by atoms with van der Waals surface area (Å²) in [6.07, 6.45) is 0. The Morgan fingerprint density at radius 3 is 2.00 bits per heavy atom. The predicted molar refractivity (Wildman–Crippen MR) is 67.2 cm³/mol. The SMILES string of the molecule is Cc1sc2c(C)c(C)c(O)c(C)c2c1C. The minimum absolute atomic E-state index is 0.459. The molecule has 1 N–H and O–H groups in total. The molecule has 0 fully saturated rings. The second kappa shape index (κ2) is 3.24. The Morgan fingerprint density at radius 2 is 1.40 bits per heavy atom. The van der Waals surface area contributed by atoms with Crippen molar-refractivity contribution < 1.29 is 5.11 Å². The van der Waals surface area contributed by atoms with E-state index >= 15 is 0 Å². The molecule has 1 heterocycles. The van der Waals surface area contributed by atoms with Crippen LogP contribution in [0.15, 0.2) is 0 Å². The van der Waals surface area contributed by atoms with Crippen LogP contribution in [0.5, 0.6) is 5.75 Å². The maximum absolute atomic E-state index is 10.0. The van der Waals surface area contributed by atoms with Crippen LogP contribution in [0, 0.1) is 34.6 Å². The molecule has 1 nitrogen and oxygen atoms in total. The standard InChI is InChI=1S/C13H16OS/c1-6-7(2)13-11(9(4)12(6)14)8(3)10(5)15-13/h14H,1-5H3. The maximum Gasteiger partial charge on any atom is 0.122 e. The molecule has 0 bridgehead atoms. The van der Waals surface area contributed by atoms with E-state index in [0.29, 0.717) is 5.75 Å². The summed E-state index contributed by atoms with van der Waals surface area (Å²) in [7, 11) is 0. The van der Waals surface area contributed by atoms with Crippen molar-refractivity contribution in [1.29, 1.82) is 0 Å². The van der Waals surface area contributed by atoms with Crippen molar-refractivity contribution in [3.05, 3.63) is 27.1 Å². The minimum atomic E-state index is 0.459. The van der Waals surface area contributed by atoms with Gasteiger partial charge in [-0.2, -0.15) is 0 Å². The van der Waals surface area contributed by atoms with Gasteiger partial charge in [0, 0.05) is 15.0 Å². The van der Waals surface area contributed by atoms with E-state index in [1.54, 1.807) is 0 Å². The second-order valence-corrected chi connectivity index (χ2v) is 5.44. The zero-order chi connectivity index (χ0) is 11.3. The van der Waals surface area contributed by atoms with Crippen LogP contribution in [0.2, 0.25) is 0 Å². The highest BCUT2D eigenvalue weighted by Gasteiger charge is 2.15. The van der Waals surface area contributed by atoms with E-state index in [9.17, 15) is 5.11 Å². The van der Waals surface area contributed by atoms with Crippen LogP contribution in [-0.2, 0) is 0 Å². The Hall–Kier alpha value is -1.02. The molecule has 0 aliphatic carbocycles. The van der Waals surface area contributed by atoms with Gasteiger partial charge in [0.15, 0.2) is 0 Å². The number of hydrogen-bond donors (Lipinski definition) is 1. The molecular formula is C13H16OS. The average molecular weight is 220 g/mol. The monoisotopic (exact) mass is 220 g/mol. The van der Waals surface area contributed by atoms with Crippen LogP contribution in [0.1, 0.15) is 27.1 Å². The largest absolute Gasteiger partial charge is 0.507 e. The number of thiophene rings is 1. The van der Waals surface area contributed by atoms with Crippen LogP contribution >= 0.6 is 11.3 Å². The Balaban J connectivity index is 3.07. The Labute approximate surface area is 94.4 Å². The molecule has 15 heavy (non-hydrogen) atoms. The first-order chi connectivity index (χ1) is 6.95. The topological polar surface area (TPSA) is 20.2 Å². The van der Waals surface area contributed by atoms with Gasteiger partial charge in [-0.25, -0.2) is 0 Å². The molecule has 0 spiro atoms. The number of phenols is 1. The van der Waals surface area contributed by atoms with Crippen LogP contribution in [0.3, 0.4) is 0 Å². The molecule has 1 aromatic carbocycles. The van der Waals surface area contributed by atoms with Crippen LogP contribution in [0.25, 0.3) is 10.1 Å². The minimum Gasteiger partial charge on any atom is -0.507 e. The van der Waals surface area contributed by atoms with Gasteiger partial charge in [0.25, 0.3) is 0 Å². The van der Waals surface area contributed by atoms with Gasteiger partial charge in [0.2, 0.25) is 0 Å². The lowest BCUT2D eigenvalue weighted by atomic mass is 9.98. The summed E-state index contributed by atoms with van der Waals surface area (Å²) < 4.78 is 1.33. The lowest BCUT2D eigenvalue weighted by Gasteiger charge is -2.09. The number of fused-ring (bicyclic) bond motifs is 1. The lowest BCUT2D eigenvalue weighted by molar-refractivity contribution is 0.467. The average Bonchev–Trinajstić information content (AvgIpc) is 2.50. The van der Waals surface area contributed by atoms with E-state index in [2.05, 4.69) is 20.8 Å². The van der Waals surface area contributed by atoms with Crippen LogP contribution in [-0.4, -0.2) is 5.11 Å². The zero-order valence-electron chi connectivity index (χ0n) is 9.86. The first kappa shape index (κ1) is 10.5. The molecule has 0 radical (unpaired) electrons. The summed E-state index contributed by atoms with van der Waals surface area (Å²) in [6.45, 7) is 10.4. The normalized spacial score (nSPS) is 11.3. The van der Waals surface area contributed by atoms with Crippen molar-refractivity contribution in [2.75, 3.05) is 0 Å². The number of aryl methyl sites for hydroxylation is 4. The van der Waals surface area contributed by atoms with Gasteiger partial charge in [0.05, 0.1) is 0 Å². The summed E-state index contributed by atoms with van der Waals surface area (Å²) in [5, 5.41) is 11.3.